The van der Waals surface area contributed by atoms with Crippen molar-refractivity contribution in [2.24, 2.45) is 0 Å². The van der Waals surface area contributed by atoms with Crippen molar-refractivity contribution in [3.8, 4) is 11.5 Å². The SMILES string of the molecule is COc1ccc(OCC(=O)NCC(OC)c2cccc(F)c2)cc1. The first-order valence-electron chi connectivity index (χ1n) is 7.44. The zero-order valence-electron chi connectivity index (χ0n) is 13.6. The van der Waals surface area contributed by atoms with E-state index in [1.54, 1.807) is 43.5 Å². The Balaban J connectivity index is 1.80. The molecule has 1 atom stereocenters. The third kappa shape index (κ3) is 5.24. The summed E-state index contributed by atoms with van der Waals surface area (Å²) < 4.78 is 29.0. The zero-order chi connectivity index (χ0) is 17.4. The van der Waals surface area contributed by atoms with Gasteiger partial charge in [-0.25, -0.2) is 4.39 Å². The Bertz CT molecular complexity index is 660. The van der Waals surface area contributed by atoms with Crippen LogP contribution in [0.15, 0.2) is 48.5 Å². The topological polar surface area (TPSA) is 56.8 Å². The highest BCUT2D eigenvalue weighted by atomic mass is 19.1. The normalized spacial score (nSPS) is 11.6. The number of hydrogen-bond donors (Lipinski definition) is 1. The Kier molecular flexibility index (Phi) is 6.57. The smallest absolute Gasteiger partial charge is 0.258 e. The fourth-order valence-electron chi connectivity index (χ4n) is 2.12. The maximum atomic E-state index is 13.3. The first kappa shape index (κ1) is 17.7. The second-order valence-corrected chi connectivity index (χ2v) is 5.05. The summed E-state index contributed by atoms with van der Waals surface area (Å²) in [6.45, 7) is 0.108. The van der Waals surface area contributed by atoms with Gasteiger partial charge in [0.2, 0.25) is 0 Å². The van der Waals surface area contributed by atoms with Gasteiger partial charge >= 0.3 is 0 Å². The largest absolute Gasteiger partial charge is 0.497 e. The molecule has 24 heavy (non-hydrogen) atoms. The molecule has 2 aromatic rings. The van der Waals surface area contributed by atoms with Gasteiger partial charge in [0.1, 0.15) is 17.3 Å². The molecule has 0 bridgehead atoms. The van der Waals surface area contributed by atoms with Crippen molar-refractivity contribution in [1.29, 1.82) is 0 Å². The Hall–Kier alpha value is -2.60. The van der Waals surface area contributed by atoms with Crippen molar-refractivity contribution in [3.05, 3.63) is 59.9 Å². The molecule has 0 aliphatic carbocycles. The van der Waals surface area contributed by atoms with Crippen LogP contribution in [-0.4, -0.2) is 33.3 Å². The van der Waals surface area contributed by atoms with E-state index in [-0.39, 0.29) is 24.9 Å². The van der Waals surface area contributed by atoms with Crippen LogP contribution >= 0.6 is 0 Å². The maximum absolute atomic E-state index is 13.3. The summed E-state index contributed by atoms with van der Waals surface area (Å²) in [6.07, 6.45) is -0.425. The molecule has 0 aliphatic heterocycles. The van der Waals surface area contributed by atoms with Crippen LogP contribution in [0.4, 0.5) is 4.39 Å². The van der Waals surface area contributed by atoms with Crippen molar-refractivity contribution in [2.75, 3.05) is 27.4 Å². The third-order valence-corrected chi connectivity index (χ3v) is 3.42. The molecule has 0 saturated carbocycles. The Labute approximate surface area is 140 Å². The van der Waals surface area contributed by atoms with E-state index in [0.29, 0.717) is 17.1 Å². The second-order valence-electron chi connectivity index (χ2n) is 5.05. The molecule has 1 amide bonds. The van der Waals surface area contributed by atoms with Crippen LogP contribution in [0.2, 0.25) is 0 Å². The average molecular weight is 333 g/mol. The van der Waals surface area contributed by atoms with E-state index < -0.39 is 6.10 Å². The summed E-state index contributed by atoms with van der Waals surface area (Å²) in [7, 11) is 3.09. The van der Waals surface area contributed by atoms with Crippen LogP contribution in [0.1, 0.15) is 11.7 Å². The van der Waals surface area contributed by atoms with Crippen molar-refractivity contribution in [3.63, 3.8) is 0 Å². The number of ether oxygens (including phenoxy) is 3. The highest BCUT2D eigenvalue weighted by Gasteiger charge is 2.13. The molecule has 0 heterocycles. The first-order valence-corrected chi connectivity index (χ1v) is 7.44. The molecule has 0 aromatic heterocycles. The molecule has 0 saturated heterocycles. The number of methoxy groups -OCH3 is 2. The van der Waals surface area contributed by atoms with Crippen molar-refractivity contribution < 1.29 is 23.4 Å². The van der Waals surface area contributed by atoms with Gasteiger partial charge in [-0.15, -0.1) is 0 Å². The summed E-state index contributed by atoms with van der Waals surface area (Å²) in [5, 5.41) is 2.71. The van der Waals surface area contributed by atoms with Crippen LogP contribution < -0.4 is 14.8 Å². The molecule has 6 heteroatoms. The van der Waals surface area contributed by atoms with Crippen LogP contribution in [-0.2, 0) is 9.53 Å². The maximum Gasteiger partial charge on any atom is 0.258 e. The highest BCUT2D eigenvalue weighted by Crippen LogP contribution is 2.18. The number of benzene rings is 2. The standard InChI is InChI=1S/C18H20FNO4/c1-22-15-6-8-16(9-7-15)24-12-18(21)20-11-17(23-2)13-4-3-5-14(19)10-13/h3-10,17H,11-12H2,1-2H3,(H,20,21). The van der Waals surface area contributed by atoms with Gasteiger partial charge in [-0.3, -0.25) is 4.79 Å². The second kappa shape index (κ2) is 8.88. The molecule has 2 aromatic carbocycles. The molecule has 0 aliphatic rings. The number of hydrogen-bond acceptors (Lipinski definition) is 4. The number of amides is 1. The van der Waals surface area contributed by atoms with Gasteiger partial charge < -0.3 is 19.5 Å². The van der Waals surface area contributed by atoms with Crippen molar-refractivity contribution in [1.82, 2.24) is 5.32 Å². The Morgan fingerprint density at radius 1 is 1.12 bits per heavy atom. The van der Waals surface area contributed by atoms with E-state index in [0.717, 1.165) is 0 Å². The van der Waals surface area contributed by atoms with E-state index in [1.807, 2.05) is 0 Å². The predicted octanol–water partition coefficient (Wildman–Crippen LogP) is 2.72. The van der Waals surface area contributed by atoms with Gasteiger partial charge in [-0.05, 0) is 42.0 Å². The lowest BCUT2D eigenvalue weighted by atomic mass is 10.1. The predicted molar refractivity (Wildman–Crippen MR) is 87.6 cm³/mol. The lowest BCUT2D eigenvalue weighted by molar-refractivity contribution is -0.123. The fraction of sp³-hybridized carbons (Fsp3) is 0.278. The number of carbonyl (C=O) groups excluding carboxylic acids is 1. The van der Waals surface area contributed by atoms with Crippen LogP contribution in [0.25, 0.3) is 0 Å². The molecule has 5 nitrogen and oxygen atoms in total. The Morgan fingerprint density at radius 2 is 1.83 bits per heavy atom. The molecular formula is C18H20FNO4. The Morgan fingerprint density at radius 3 is 2.46 bits per heavy atom. The molecule has 0 fully saturated rings. The van der Waals surface area contributed by atoms with Gasteiger partial charge in [-0.2, -0.15) is 0 Å². The summed E-state index contributed by atoms with van der Waals surface area (Å²) in [5.41, 5.74) is 0.661. The van der Waals surface area contributed by atoms with Crippen LogP contribution in [0, 0.1) is 5.82 Å². The minimum absolute atomic E-state index is 0.119. The third-order valence-electron chi connectivity index (χ3n) is 3.42. The minimum atomic E-state index is -0.425. The number of carbonyl (C=O) groups is 1. The number of nitrogens with one attached hydrogen (secondary N) is 1. The zero-order valence-corrected chi connectivity index (χ0v) is 13.6. The van der Waals surface area contributed by atoms with Crippen LogP contribution in [0.3, 0.4) is 0 Å². The average Bonchev–Trinajstić information content (AvgIpc) is 2.61. The summed E-state index contributed by atoms with van der Waals surface area (Å²) >= 11 is 0. The number of rotatable bonds is 8. The van der Waals surface area contributed by atoms with Gasteiger partial charge in [0.15, 0.2) is 6.61 Å². The highest BCUT2D eigenvalue weighted by molar-refractivity contribution is 5.77. The minimum Gasteiger partial charge on any atom is -0.497 e. The first-order chi connectivity index (χ1) is 11.6. The van der Waals surface area contributed by atoms with Gasteiger partial charge in [0.05, 0.1) is 13.2 Å². The summed E-state index contributed by atoms with van der Waals surface area (Å²) in [4.78, 5) is 11.9. The van der Waals surface area contributed by atoms with Crippen LogP contribution in [0.5, 0.6) is 11.5 Å². The van der Waals surface area contributed by atoms with Gasteiger partial charge in [-0.1, -0.05) is 12.1 Å². The monoisotopic (exact) mass is 333 g/mol. The van der Waals surface area contributed by atoms with E-state index >= 15 is 0 Å². The molecule has 1 N–H and O–H groups in total. The van der Waals surface area contributed by atoms with Crippen molar-refractivity contribution >= 4 is 5.91 Å². The van der Waals surface area contributed by atoms with E-state index in [1.165, 1.54) is 19.2 Å². The quantitative estimate of drug-likeness (QED) is 0.807. The van der Waals surface area contributed by atoms with E-state index in [9.17, 15) is 9.18 Å². The summed E-state index contributed by atoms with van der Waals surface area (Å²) in [6, 6.07) is 13.0. The molecule has 2 rings (SSSR count). The number of halogens is 1. The van der Waals surface area contributed by atoms with Gasteiger partial charge in [0.25, 0.3) is 5.91 Å². The van der Waals surface area contributed by atoms with Gasteiger partial charge in [0, 0.05) is 13.7 Å². The molecule has 0 spiro atoms. The molecule has 128 valence electrons. The van der Waals surface area contributed by atoms with E-state index in [2.05, 4.69) is 5.32 Å². The summed E-state index contributed by atoms with van der Waals surface area (Å²) in [5.74, 6) is 0.650. The molecule has 1 unspecified atom stereocenters. The molecule has 0 radical (unpaired) electrons. The van der Waals surface area contributed by atoms with E-state index in [4.69, 9.17) is 14.2 Å². The fourth-order valence-corrected chi connectivity index (χ4v) is 2.12. The van der Waals surface area contributed by atoms with Crippen molar-refractivity contribution in [2.45, 2.75) is 6.10 Å². The lowest BCUT2D eigenvalue weighted by Crippen LogP contribution is -2.33. The lowest BCUT2D eigenvalue weighted by Gasteiger charge is -2.16. The molecular weight excluding hydrogens is 313 g/mol.